The van der Waals surface area contributed by atoms with Crippen LogP contribution in [0.2, 0.25) is 0 Å². The minimum Gasteiger partial charge on any atom is -0.481 e. The van der Waals surface area contributed by atoms with Gasteiger partial charge >= 0.3 is 5.97 Å². The minimum atomic E-state index is -0.819. The molecule has 1 aromatic carbocycles. The fourth-order valence-corrected chi connectivity index (χ4v) is 2.35. The SMILES string of the molecule is N#CC1(Nc2ccc(I)cc2)CC(C(=O)O)C1. The van der Waals surface area contributed by atoms with Crippen molar-refractivity contribution in [3.8, 4) is 6.07 Å². The van der Waals surface area contributed by atoms with Crippen molar-refractivity contribution in [2.45, 2.75) is 18.4 Å². The van der Waals surface area contributed by atoms with Crippen LogP contribution in [0.1, 0.15) is 12.8 Å². The second-order valence-corrected chi connectivity index (χ2v) is 5.51. The zero-order valence-corrected chi connectivity index (χ0v) is 11.1. The van der Waals surface area contributed by atoms with E-state index in [1.165, 1.54) is 0 Å². The van der Waals surface area contributed by atoms with E-state index in [1.54, 1.807) is 0 Å². The Balaban J connectivity index is 2.05. The molecule has 0 spiro atoms. The van der Waals surface area contributed by atoms with Gasteiger partial charge in [-0.05, 0) is 59.7 Å². The van der Waals surface area contributed by atoms with E-state index >= 15 is 0 Å². The molecule has 1 aliphatic rings. The highest BCUT2D eigenvalue weighted by Crippen LogP contribution is 2.40. The molecule has 1 fully saturated rings. The second-order valence-electron chi connectivity index (χ2n) is 4.27. The van der Waals surface area contributed by atoms with E-state index in [1.807, 2.05) is 24.3 Å². The predicted molar refractivity (Wildman–Crippen MR) is 71.5 cm³/mol. The number of hydrogen-bond donors (Lipinski definition) is 2. The Kier molecular flexibility index (Phi) is 3.24. The molecule has 0 atom stereocenters. The average Bonchev–Trinajstić information content (AvgIpc) is 2.25. The lowest BCUT2D eigenvalue weighted by Gasteiger charge is -2.41. The average molecular weight is 342 g/mol. The summed E-state index contributed by atoms with van der Waals surface area (Å²) in [5.41, 5.74) is 0.145. The Hall–Kier alpha value is -1.29. The minimum absolute atomic E-state index is 0.366. The molecule has 1 saturated carbocycles. The zero-order chi connectivity index (χ0) is 12.5. The molecule has 2 rings (SSSR count). The van der Waals surface area contributed by atoms with Gasteiger partial charge in [-0.3, -0.25) is 4.79 Å². The third-order valence-corrected chi connectivity index (χ3v) is 3.70. The molecule has 0 bridgehead atoms. The summed E-state index contributed by atoms with van der Waals surface area (Å²) < 4.78 is 1.12. The molecule has 1 aromatic rings. The summed E-state index contributed by atoms with van der Waals surface area (Å²) in [5, 5.41) is 21.1. The fraction of sp³-hybridized carbons (Fsp3) is 0.333. The third-order valence-electron chi connectivity index (χ3n) is 2.98. The van der Waals surface area contributed by atoms with Crippen LogP contribution >= 0.6 is 22.6 Å². The maximum atomic E-state index is 10.7. The van der Waals surface area contributed by atoms with Crippen LogP contribution in [0.25, 0.3) is 0 Å². The molecular formula is C12H11IN2O2. The normalized spacial score (nSPS) is 26.7. The third kappa shape index (κ3) is 2.52. The van der Waals surface area contributed by atoms with Crippen LogP contribution in [0.4, 0.5) is 5.69 Å². The van der Waals surface area contributed by atoms with Gasteiger partial charge < -0.3 is 10.4 Å². The van der Waals surface area contributed by atoms with Gasteiger partial charge in [-0.2, -0.15) is 5.26 Å². The lowest BCUT2D eigenvalue weighted by Crippen LogP contribution is -2.51. The number of rotatable bonds is 3. The highest BCUT2D eigenvalue weighted by Gasteiger charge is 2.48. The Morgan fingerprint density at radius 1 is 1.47 bits per heavy atom. The van der Waals surface area contributed by atoms with Crippen molar-refractivity contribution in [3.05, 3.63) is 27.8 Å². The standard InChI is InChI=1S/C12H11IN2O2/c13-9-1-3-10(4-2-9)15-12(7-14)5-8(6-12)11(16)17/h1-4,8,15H,5-6H2,(H,16,17). The first-order valence-electron chi connectivity index (χ1n) is 5.22. The van der Waals surface area contributed by atoms with E-state index < -0.39 is 17.4 Å². The van der Waals surface area contributed by atoms with Crippen molar-refractivity contribution in [2.75, 3.05) is 5.32 Å². The van der Waals surface area contributed by atoms with E-state index in [4.69, 9.17) is 10.4 Å². The number of halogens is 1. The van der Waals surface area contributed by atoms with E-state index in [2.05, 4.69) is 34.0 Å². The molecule has 0 heterocycles. The molecule has 0 unspecified atom stereocenters. The number of hydrogen-bond acceptors (Lipinski definition) is 3. The zero-order valence-electron chi connectivity index (χ0n) is 8.98. The van der Waals surface area contributed by atoms with Gasteiger partial charge in [-0.1, -0.05) is 0 Å². The van der Waals surface area contributed by atoms with Crippen molar-refractivity contribution in [3.63, 3.8) is 0 Å². The quantitative estimate of drug-likeness (QED) is 0.828. The van der Waals surface area contributed by atoms with Crippen LogP contribution < -0.4 is 5.32 Å². The number of carboxylic acid groups (broad SMARTS) is 1. The lowest BCUT2D eigenvalue weighted by atomic mass is 9.69. The molecule has 0 radical (unpaired) electrons. The van der Waals surface area contributed by atoms with Crippen molar-refractivity contribution in [2.24, 2.45) is 5.92 Å². The van der Waals surface area contributed by atoms with Gasteiger partial charge in [-0.25, -0.2) is 0 Å². The van der Waals surface area contributed by atoms with Crippen molar-refractivity contribution >= 4 is 34.2 Å². The van der Waals surface area contributed by atoms with E-state index in [0.717, 1.165) is 9.26 Å². The summed E-state index contributed by atoms with van der Waals surface area (Å²) >= 11 is 2.21. The van der Waals surface area contributed by atoms with Crippen LogP contribution in [0, 0.1) is 20.8 Å². The van der Waals surface area contributed by atoms with E-state index in [0.29, 0.717) is 12.8 Å². The molecule has 88 valence electrons. The lowest BCUT2D eigenvalue weighted by molar-refractivity contribution is -0.145. The first-order valence-corrected chi connectivity index (χ1v) is 6.30. The van der Waals surface area contributed by atoms with E-state index in [9.17, 15) is 4.79 Å². The topological polar surface area (TPSA) is 73.1 Å². The summed E-state index contributed by atoms with van der Waals surface area (Å²) in [5.74, 6) is -1.22. The molecule has 5 heteroatoms. The first kappa shape index (κ1) is 12.2. The fourth-order valence-electron chi connectivity index (χ4n) is 1.99. The smallest absolute Gasteiger partial charge is 0.306 e. The molecule has 0 saturated heterocycles. The maximum Gasteiger partial charge on any atom is 0.306 e. The second kappa shape index (κ2) is 4.53. The van der Waals surface area contributed by atoms with Crippen molar-refractivity contribution < 1.29 is 9.90 Å². The van der Waals surface area contributed by atoms with Gasteiger partial charge in [0.2, 0.25) is 0 Å². The van der Waals surface area contributed by atoms with Gasteiger partial charge in [0.25, 0.3) is 0 Å². The number of nitrogens with one attached hydrogen (secondary N) is 1. The predicted octanol–water partition coefficient (Wildman–Crippen LogP) is 2.46. The largest absolute Gasteiger partial charge is 0.481 e. The molecule has 17 heavy (non-hydrogen) atoms. The Morgan fingerprint density at radius 2 is 2.06 bits per heavy atom. The number of nitriles is 1. The molecule has 4 nitrogen and oxygen atoms in total. The van der Waals surface area contributed by atoms with Gasteiger partial charge in [0.15, 0.2) is 0 Å². The summed E-state index contributed by atoms with van der Waals surface area (Å²) in [7, 11) is 0. The monoisotopic (exact) mass is 342 g/mol. The number of aliphatic carboxylic acids is 1. The van der Waals surface area contributed by atoms with Crippen molar-refractivity contribution in [1.82, 2.24) is 0 Å². The number of carboxylic acids is 1. The van der Waals surface area contributed by atoms with Gasteiger partial charge in [-0.15, -0.1) is 0 Å². The summed E-state index contributed by atoms with van der Waals surface area (Å²) in [4.78, 5) is 10.7. The number of nitrogens with zero attached hydrogens (tertiary/aromatic N) is 1. The summed E-state index contributed by atoms with van der Waals surface area (Å²) in [6, 6.07) is 9.87. The van der Waals surface area contributed by atoms with Crippen LogP contribution in [-0.2, 0) is 4.79 Å². The molecule has 2 N–H and O–H groups in total. The molecule has 0 aromatic heterocycles. The number of benzene rings is 1. The van der Waals surface area contributed by atoms with Crippen LogP contribution in [0.15, 0.2) is 24.3 Å². The van der Waals surface area contributed by atoms with Gasteiger partial charge in [0.05, 0.1) is 12.0 Å². The molecule has 1 aliphatic carbocycles. The van der Waals surface area contributed by atoms with Crippen LogP contribution in [0.3, 0.4) is 0 Å². The highest BCUT2D eigenvalue weighted by molar-refractivity contribution is 14.1. The van der Waals surface area contributed by atoms with Crippen molar-refractivity contribution in [1.29, 1.82) is 5.26 Å². The van der Waals surface area contributed by atoms with Gasteiger partial charge in [0.1, 0.15) is 5.54 Å². The van der Waals surface area contributed by atoms with E-state index in [-0.39, 0.29) is 0 Å². The highest BCUT2D eigenvalue weighted by atomic mass is 127. The number of anilines is 1. The Labute approximate surface area is 113 Å². The molecule has 0 amide bonds. The summed E-state index contributed by atoms with van der Waals surface area (Å²) in [6.07, 6.45) is 0.732. The number of carbonyl (C=O) groups is 1. The Bertz CT molecular complexity index is 472. The molecule has 0 aliphatic heterocycles. The van der Waals surface area contributed by atoms with Crippen LogP contribution in [-0.4, -0.2) is 16.6 Å². The summed E-state index contributed by atoms with van der Waals surface area (Å²) in [6.45, 7) is 0. The molecular weight excluding hydrogens is 331 g/mol. The van der Waals surface area contributed by atoms with Crippen LogP contribution in [0.5, 0.6) is 0 Å². The Morgan fingerprint density at radius 3 is 2.53 bits per heavy atom. The maximum absolute atomic E-state index is 10.7. The first-order chi connectivity index (χ1) is 8.04. The van der Waals surface area contributed by atoms with Gasteiger partial charge in [0, 0.05) is 9.26 Å².